The Kier molecular flexibility index (Phi) is 3.29. The summed E-state index contributed by atoms with van der Waals surface area (Å²) in [5.41, 5.74) is 0. The summed E-state index contributed by atoms with van der Waals surface area (Å²) < 4.78 is 5.51. The van der Waals surface area contributed by atoms with E-state index in [1.54, 1.807) is 17.5 Å². The highest BCUT2D eigenvalue weighted by Gasteiger charge is 2.19. The quantitative estimate of drug-likeness (QED) is 0.845. The molecular formula is C12H16N4OS. The van der Waals surface area contributed by atoms with Crippen molar-refractivity contribution >= 4 is 16.5 Å². The molecular weight excluding hydrogens is 248 g/mol. The van der Waals surface area contributed by atoms with Gasteiger partial charge in [-0.3, -0.25) is 4.90 Å². The summed E-state index contributed by atoms with van der Waals surface area (Å²) in [7, 11) is 0. The number of nitrogens with zero attached hydrogens (tertiary/aromatic N) is 4. The van der Waals surface area contributed by atoms with Gasteiger partial charge in [0.25, 0.3) is 0 Å². The number of anilines is 1. The first-order valence-electron chi connectivity index (χ1n) is 6.09. The number of piperazine rings is 1. The molecule has 1 saturated heterocycles. The molecule has 2 aromatic rings. The third kappa shape index (κ3) is 2.54. The maximum atomic E-state index is 5.51. The molecule has 2 aromatic heterocycles. The van der Waals surface area contributed by atoms with Crippen LogP contribution < -0.4 is 4.90 Å². The number of thiazole rings is 1. The molecule has 6 heteroatoms. The van der Waals surface area contributed by atoms with E-state index in [0.717, 1.165) is 49.5 Å². The predicted molar refractivity (Wildman–Crippen MR) is 70.8 cm³/mol. The lowest BCUT2D eigenvalue weighted by Gasteiger charge is -2.33. The molecule has 0 atom stereocenters. The van der Waals surface area contributed by atoms with Gasteiger partial charge in [-0.25, -0.2) is 9.97 Å². The molecule has 0 saturated carbocycles. The maximum Gasteiger partial charge on any atom is 0.208 e. The van der Waals surface area contributed by atoms with Gasteiger partial charge in [0, 0.05) is 37.8 Å². The van der Waals surface area contributed by atoms with E-state index in [4.69, 9.17) is 4.42 Å². The molecule has 1 fully saturated rings. The summed E-state index contributed by atoms with van der Waals surface area (Å²) in [5.74, 6) is 1.70. The number of hydrogen-bond acceptors (Lipinski definition) is 6. The van der Waals surface area contributed by atoms with Crippen molar-refractivity contribution in [1.82, 2.24) is 14.9 Å². The molecule has 1 aliphatic rings. The van der Waals surface area contributed by atoms with Crippen LogP contribution in [0.2, 0.25) is 0 Å². The van der Waals surface area contributed by atoms with Gasteiger partial charge in [0.2, 0.25) is 5.89 Å². The summed E-state index contributed by atoms with van der Waals surface area (Å²) in [6, 6.07) is 0. The van der Waals surface area contributed by atoms with Crippen LogP contribution in [-0.2, 0) is 6.54 Å². The van der Waals surface area contributed by atoms with Gasteiger partial charge in [0.05, 0.1) is 12.7 Å². The second-order valence-electron chi connectivity index (χ2n) is 4.44. The van der Waals surface area contributed by atoms with Gasteiger partial charge in [-0.05, 0) is 6.92 Å². The van der Waals surface area contributed by atoms with Crippen molar-refractivity contribution in [3.63, 3.8) is 0 Å². The third-order valence-electron chi connectivity index (χ3n) is 3.09. The fourth-order valence-corrected chi connectivity index (χ4v) is 2.83. The largest absolute Gasteiger partial charge is 0.445 e. The van der Waals surface area contributed by atoms with E-state index in [9.17, 15) is 0 Å². The standard InChI is InChI=1S/C12H16N4OS/c1-10-8-14-11(17-10)9-15-3-5-16(6-4-15)12-13-2-7-18-12/h2,7-8H,3-6,9H2,1H3. The highest BCUT2D eigenvalue weighted by Crippen LogP contribution is 2.19. The van der Waals surface area contributed by atoms with Gasteiger partial charge >= 0.3 is 0 Å². The number of aromatic nitrogens is 2. The monoisotopic (exact) mass is 264 g/mol. The lowest BCUT2D eigenvalue weighted by Crippen LogP contribution is -2.45. The van der Waals surface area contributed by atoms with Crippen molar-refractivity contribution in [2.75, 3.05) is 31.1 Å². The molecule has 18 heavy (non-hydrogen) atoms. The van der Waals surface area contributed by atoms with Crippen LogP contribution in [0, 0.1) is 6.92 Å². The fourth-order valence-electron chi connectivity index (χ4n) is 2.14. The summed E-state index contributed by atoms with van der Waals surface area (Å²) in [6.45, 7) is 6.83. The van der Waals surface area contributed by atoms with E-state index in [1.807, 2.05) is 18.5 Å². The molecule has 3 heterocycles. The summed E-state index contributed by atoms with van der Waals surface area (Å²) in [4.78, 5) is 13.3. The fraction of sp³-hybridized carbons (Fsp3) is 0.500. The smallest absolute Gasteiger partial charge is 0.208 e. The van der Waals surface area contributed by atoms with Crippen molar-refractivity contribution < 1.29 is 4.42 Å². The zero-order valence-electron chi connectivity index (χ0n) is 10.4. The van der Waals surface area contributed by atoms with Crippen molar-refractivity contribution in [1.29, 1.82) is 0 Å². The minimum atomic E-state index is 0.805. The highest BCUT2D eigenvalue weighted by molar-refractivity contribution is 7.13. The minimum Gasteiger partial charge on any atom is -0.445 e. The Hall–Kier alpha value is -1.40. The van der Waals surface area contributed by atoms with Crippen LogP contribution in [0.15, 0.2) is 22.2 Å². The van der Waals surface area contributed by atoms with Crippen molar-refractivity contribution in [3.8, 4) is 0 Å². The Bertz CT molecular complexity index is 488. The van der Waals surface area contributed by atoms with Crippen molar-refractivity contribution in [3.05, 3.63) is 29.4 Å². The Balaban J connectivity index is 1.54. The lowest BCUT2D eigenvalue weighted by molar-refractivity contribution is 0.225. The van der Waals surface area contributed by atoms with Gasteiger partial charge in [-0.15, -0.1) is 11.3 Å². The Labute approximate surface area is 110 Å². The van der Waals surface area contributed by atoms with E-state index in [-0.39, 0.29) is 0 Å². The minimum absolute atomic E-state index is 0.805. The van der Waals surface area contributed by atoms with E-state index in [1.165, 1.54) is 0 Å². The van der Waals surface area contributed by atoms with E-state index in [0.29, 0.717) is 0 Å². The summed E-state index contributed by atoms with van der Waals surface area (Å²) >= 11 is 1.70. The van der Waals surface area contributed by atoms with Crippen LogP contribution in [0.3, 0.4) is 0 Å². The SMILES string of the molecule is Cc1cnc(CN2CCN(c3nccs3)CC2)o1. The second kappa shape index (κ2) is 5.07. The molecule has 0 bridgehead atoms. The molecule has 0 radical (unpaired) electrons. The van der Waals surface area contributed by atoms with E-state index >= 15 is 0 Å². The first-order valence-corrected chi connectivity index (χ1v) is 6.97. The molecule has 0 unspecified atom stereocenters. The Morgan fingerprint density at radius 1 is 1.28 bits per heavy atom. The van der Waals surface area contributed by atoms with Gasteiger partial charge in [0.1, 0.15) is 5.76 Å². The van der Waals surface area contributed by atoms with Crippen molar-refractivity contribution in [2.24, 2.45) is 0 Å². The second-order valence-corrected chi connectivity index (χ2v) is 5.32. The number of hydrogen-bond donors (Lipinski definition) is 0. The van der Waals surface area contributed by atoms with Crippen LogP contribution in [0.4, 0.5) is 5.13 Å². The van der Waals surface area contributed by atoms with Gasteiger partial charge in [-0.1, -0.05) is 0 Å². The molecule has 3 rings (SSSR count). The molecule has 0 amide bonds. The zero-order valence-corrected chi connectivity index (χ0v) is 11.2. The topological polar surface area (TPSA) is 45.4 Å². The molecule has 1 aliphatic heterocycles. The van der Waals surface area contributed by atoms with Crippen LogP contribution >= 0.6 is 11.3 Å². The predicted octanol–water partition coefficient (Wildman–Crippen LogP) is 1.76. The first-order chi connectivity index (χ1) is 8.81. The van der Waals surface area contributed by atoms with E-state index < -0.39 is 0 Å². The molecule has 0 N–H and O–H groups in total. The molecule has 5 nitrogen and oxygen atoms in total. The average molecular weight is 264 g/mol. The van der Waals surface area contributed by atoms with Crippen LogP contribution in [0.1, 0.15) is 11.7 Å². The number of aryl methyl sites for hydroxylation is 1. The first kappa shape index (κ1) is 11.7. The summed E-state index contributed by atoms with van der Waals surface area (Å²) in [6.07, 6.45) is 3.64. The van der Waals surface area contributed by atoms with Gasteiger partial charge in [-0.2, -0.15) is 0 Å². The Morgan fingerprint density at radius 3 is 2.72 bits per heavy atom. The average Bonchev–Trinajstić information content (AvgIpc) is 3.02. The van der Waals surface area contributed by atoms with Crippen molar-refractivity contribution in [2.45, 2.75) is 13.5 Å². The maximum absolute atomic E-state index is 5.51. The van der Waals surface area contributed by atoms with Crippen LogP contribution in [0.5, 0.6) is 0 Å². The van der Waals surface area contributed by atoms with Gasteiger partial charge in [0.15, 0.2) is 5.13 Å². The van der Waals surface area contributed by atoms with Crippen LogP contribution in [-0.4, -0.2) is 41.0 Å². The number of rotatable bonds is 3. The molecule has 0 spiro atoms. The molecule has 0 aromatic carbocycles. The number of oxazole rings is 1. The molecule has 0 aliphatic carbocycles. The Morgan fingerprint density at radius 2 is 2.11 bits per heavy atom. The summed E-state index contributed by atoms with van der Waals surface area (Å²) in [5, 5.41) is 3.15. The van der Waals surface area contributed by atoms with Crippen LogP contribution in [0.25, 0.3) is 0 Å². The highest BCUT2D eigenvalue weighted by atomic mass is 32.1. The third-order valence-corrected chi connectivity index (χ3v) is 3.92. The van der Waals surface area contributed by atoms with E-state index in [2.05, 4.69) is 19.8 Å². The normalized spacial score (nSPS) is 17.3. The zero-order chi connectivity index (χ0) is 12.4. The molecule has 96 valence electrons. The lowest BCUT2D eigenvalue weighted by atomic mass is 10.3. The van der Waals surface area contributed by atoms with Gasteiger partial charge < -0.3 is 9.32 Å².